The summed E-state index contributed by atoms with van der Waals surface area (Å²) in [6.45, 7) is 0. The van der Waals surface area contributed by atoms with Crippen molar-refractivity contribution in [2.24, 2.45) is 0 Å². The van der Waals surface area contributed by atoms with Crippen LogP contribution in [0.4, 0.5) is 0 Å². The van der Waals surface area contributed by atoms with Gasteiger partial charge in [-0.3, -0.25) is 4.79 Å². The first-order chi connectivity index (χ1) is 10.7. The summed E-state index contributed by atoms with van der Waals surface area (Å²) in [7, 11) is 1.62. The maximum Gasteiger partial charge on any atom is 0.304 e. The number of hydrogen-bond donors (Lipinski definition) is 2. The molecule has 0 aliphatic carbocycles. The van der Waals surface area contributed by atoms with Gasteiger partial charge in [0.15, 0.2) is 0 Å². The monoisotopic (exact) mass is 295 g/mol. The van der Waals surface area contributed by atoms with Crippen LogP contribution >= 0.6 is 0 Å². The van der Waals surface area contributed by atoms with E-state index >= 15 is 0 Å². The lowest BCUT2D eigenvalue weighted by Gasteiger charge is -2.17. The Bertz CT molecular complexity index is 792. The van der Waals surface area contributed by atoms with Gasteiger partial charge >= 0.3 is 5.97 Å². The van der Waals surface area contributed by atoms with Crippen molar-refractivity contribution in [3.8, 4) is 5.75 Å². The largest absolute Gasteiger partial charge is 0.495 e. The summed E-state index contributed by atoms with van der Waals surface area (Å²) in [5, 5.41) is 10.3. The molecular formula is C18H17NO3. The Kier molecular flexibility index (Phi) is 3.83. The van der Waals surface area contributed by atoms with E-state index in [0.29, 0.717) is 0 Å². The van der Waals surface area contributed by atoms with E-state index in [9.17, 15) is 9.90 Å². The molecule has 0 saturated carbocycles. The number of hydrogen-bond acceptors (Lipinski definition) is 2. The highest BCUT2D eigenvalue weighted by molar-refractivity contribution is 5.86. The molecule has 2 aromatic carbocycles. The van der Waals surface area contributed by atoms with Crippen LogP contribution in [-0.4, -0.2) is 23.2 Å². The lowest BCUT2D eigenvalue weighted by molar-refractivity contribution is -0.137. The van der Waals surface area contributed by atoms with Crippen LogP contribution in [0.15, 0.2) is 54.7 Å². The lowest BCUT2D eigenvalue weighted by atomic mass is 9.88. The number of fused-ring (bicyclic) bond motifs is 1. The molecule has 0 aliphatic heterocycles. The van der Waals surface area contributed by atoms with Crippen LogP contribution in [-0.2, 0) is 4.79 Å². The quantitative estimate of drug-likeness (QED) is 0.753. The molecule has 0 aliphatic rings. The number of carboxylic acid groups (broad SMARTS) is 1. The van der Waals surface area contributed by atoms with Gasteiger partial charge in [-0.05, 0) is 29.3 Å². The molecule has 22 heavy (non-hydrogen) atoms. The molecule has 1 atom stereocenters. The zero-order chi connectivity index (χ0) is 15.5. The summed E-state index contributed by atoms with van der Waals surface area (Å²) < 4.78 is 5.44. The lowest BCUT2D eigenvalue weighted by Crippen LogP contribution is -2.08. The summed E-state index contributed by atoms with van der Waals surface area (Å²) in [5.41, 5.74) is 2.85. The second kappa shape index (κ2) is 5.93. The topological polar surface area (TPSA) is 62.3 Å². The van der Waals surface area contributed by atoms with E-state index in [-0.39, 0.29) is 12.3 Å². The summed E-state index contributed by atoms with van der Waals surface area (Å²) >= 11 is 0. The van der Waals surface area contributed by atoms with Crippen molar-refractivity contribution in [1.82, 2.24) is 4.98 Å². The SMILES string of the molecule is COc1cc(C(CC(=O)O)c2ccccc2)cc2cc[nH]c12. The smallest absolute Gasteiger partial charge is 0.304 e. The van der Waals surface area contributed by atoms with Gasteiger partial charge in [-0.25, -0.2) is 0 Å². The van der Waals surface area contributed by atoms with Crippen LogP contribution in [0.1, 0.15) is 23.5 Å². The molecule has 3 aromatic rings. The number of nitrogens with one attached hydrogen (secondary N) is 1. The molecular weight excluding hydrogens is 278 g/mol. The molecule has 1 aromatic heterocycles. The van der Waals surface area contributed by atoms with Gasteiger partial charge in [-0.2, -0.15) is 0 Å². The first kappa shape index (κ1) is 14.2. The van der Waals surface area contributed by atoms with Crippen LogP contribution in [0.25, 0.3) is 10.9 Å². The summed E-state index contributed by atoms with van der Waals surface area (Å²) in [4.78, 5) is 14.4. The van der Waals surface area contributed by atoms with Gasteiger partial charge in [0, 0.05) is 17.5 Å². The number of aliphatic carboxylic acids is 1. The first-order valence-electron chi connectivity index (χ1n) is 7.11. The van der Waals surface area contributed by atoms with E-state index in [1.165, 1.54) is 0 Å². The summed E-state index contributed by atoms with van der Waals surface area (Å²) in [6.07, 6.45) is 1.90. The van der Waals surface area contributed by atoms with E-state index in [2.05, 4.69) is 4.98 Å². The van der Waals surface area contributed by atoms with Crippen LogP contribution in [0.2, 0.25) is 0 Å². The van der Waals surface area contributed by atoms with Crippen molar-refractivity contribution in [1.29, 1.82) is 0 Å². The maximum atomic E-state index is 11.3. The van der Waals surface area contributed by atoms with Crippen molar-refractivity contribution in [2.75, 3.05) is 7.11 Å². The Hall–Kier alpha value is -2.75. The highest BCUT2D eigenvalue weighted by Gasteiger charge is 2.19. The minimum absolute atomic E-state index is 0.0447. The molecule has 0 fully saturated rings. The molecule has 0 radical (unpaired) electrons. The van der Waals surface area contributed by atoms with E-state index < -0.39 is 5.97 Å². The summed E-state index contributed by atoms with van der Waals surface area (Å²) in [5.74, 6) is -0.294. The van der Waals surface area contributed by atoms with E-state index in [1.54, 1.807) is 7.11 Å². The zero-order valence-corrected chi connectivity index (χ0v) is 12.2. The number of aromatic nitrogens is 1. The fourth-order valence-electron chi connectivity index (χ4n) is 2.81. The highest BCUT2D eigenvalue weighted by Crippen LogP contribution is 2.34. The minimum atomic E-state index is -0.818. The Labute approximate surface area is 128 Å². The fraction of sp³-hybridized carbons (Fsp3) is 0.167. The van der Waals surface area contributed by atoms with Crippen LogP contribution in [0.5, 0.6) is 5.75 Å². The van der Waals surface area contributed by atoms with Crippen molar-refractivity contribution < 1.29 is 14.6 Å². The number of ether oxygens (including phenoxy) is 1. The van der Waals surface area contributed by atoms with Gasteiger partial charge in [0.1, 0.15) is 5.75 Å². The normalized spacial score (nSPS) is 12.2. The van der Waals surface area contributed by atoms with Gasteiger partial charge in [0.25, 0.3) is 0 Å². The van der Waals surface area contributed by atoms with Crippen molar-refractivity contribution in [3.05, 3.63) is 65.9 Å². The molecule has 0 amide bonds. The Morgan fingerprint density at radius 3 is 2.64 bits per heavy atom. The Balaban J connectivity index is 2.13. The molecule has 3 rings (SSSR count). The molecule has 1 heterocycles. The average Bonchev–Trinajstić information content (AvgIpc) is 3.00. The highest BCUT2D eigenvalue weighted by atomic mass is 16.5. The van der Waals surface area contributed by atoms with Crippen molar-refractivity contribution in [3.63, 3.8) is 0 Å². The Morgan fingerprint density at radius 1 is 1.18 bits per heavy atom. The number of methoxy groups -OCH3 is 1. The third-order valence-electron chi connectivity index (χ3n) is 3.85. The van der Waals surface area contributed by atoms with E-state index in [1.807, 2.05) is 54.7 Å². The molecule has 1 unspecified atom stereocenters. The Morgan fingerprint density at radius 2 is 1.95 bits per heavy atom. The molecule has 4 heteroatoms. The fourth-order valence-corrected chi connectivity index (χ4v) is 2.81. The second-order valence-corrected chi connectivity index (χ2v) is 5.23. The third kappa shape index (κ3) is 2.68. The van der Waals surface area contributed by atoms with Gasteiger partial charge < -0.3 is 14.8 Å². The molecule has 0 saturated heterocycles. The second-order valence-electron chi connectivity index (χ2n) is 5.23. The van der Waals surface area contributed by atoms with E-state index in [4.69, 9.17) is 4.74 Å². The number of benzene rings is 2. The van der Waals surface area contributed by atoms with Gasteiger partial charge in [-0.15, -0.1) is 0 Å². The molecule has 4 nitrogen and oxygen atoms in total. The van der Waals surface area contributed by atoms with Gasteiger partial charge in [-0.1, -0.05) is 30.3 Å². The molecule has 112 valence electrons. The average molecular weight is 295 g/mol. The number of H-pyrrole nitrogens is 1. The van der Waals surface area contributed by atoms with Crippen molar-refractivity contribution >= 4 is 16.9 Å². The van der Waals surface area contributed by atoms with E-state index in [0.717, 1.165) is 27.8 Å². The van der Waals surface area contributed by atoms with Gasteiger partial charge in [0.2, 0.25) is 0 Å². The van der Waals surface area contributed by atoms with Crippen LogP contribution in [0, 0.1) is 0 Å². The number of carbonyl (C=O) groups is 1. The number of carboxylic acids is 1. The number of rotatable bonds is 5. The molecule has 0 spiro atoms. The predicted molar refractivity (Wildman–Crippen MR) is 85.4 cm³/mol. The maximum absolute atomic E-state index is 11.3. The van der Waals surface area contributed by atoms with Crippen molar-refractivity contribution in [2.45, 2.75) is 12.3 Å². The standard InChI is InChI=1S/C18H17NO3/c1-22-16-10-14(9-13-7-8-19-18(13)16)15(11-17(20)21)12-5-3-2-4-6-12/h2-10,15,19H,11H2,1H3,(H,20,21). The first-order valence-corrected chi connectivity index (χ1v) is 7.11. The predicted octanol–water partition coefficient (Wildman–Crippen LogP) is 3.78. The third-order valence-corrected chi connectivity index (χ3v) is 3.85. The van der Waals surface area contributed by atoms with Gasteiger partial charge in [0.05, 0.1) is 19.0 Å². The van der Waals surface area contributed by atoms with Crippen LogP contribution < -0.4 is 4.74 Å². The molecule has 2 N–H and O–H groups in total. The number of aromatic amines is 1. The summed E-state index contributed by atoms with van der Waals surface area (Å²) in [6, 6.07) is 15.6. The minimum Gasteiger partial charge on any atom is -0.495 e. The zero-order valence-electron chi connectivity index (χ0n) is 12.2. The van der Waals surface area contributed by atoms with Crippen LogP contribution in [0.3, 0.4) is 0 Å². The molecule has 0 bridgehead atoms.